The molecule has 0 aliphatic heterocycles. The van der Waals surface area contributed by atoms with Gasteiger partial charge in [-0.3, -0.25) is 0 Å². The zero-order valence-corrected chi connectivity index (χ0v) is 13.0. The van der Waals surface area contributed by atoms with Crippen molar-refractivity contribution in [2.75, 3.05) is 0 Å². The quantitative estimate of drug-likeness (QED) is 0.357. The predicted octanol–water partition coefficient (Wildman–Crippen LogP) is 4.20. The van der Waals surface area contributed by atoms with Gasteiger partial charge in [0.1, 0.15) is 22.7 Å². The molecule has 0 radical (unpaired) electrons. The van der Waals surface area contributed by atoms with Gasteiger partial charge in [0, 0.05) is 16.8 Å². The Morgan fingerprint density at radius 3 is 2.52 bits per heavy atom. The van der Waals surface area contributed by atoms with E-state index in [1.807, 2.05) is 48.5 Å². The Morgan fingerprint density at radius 1 is 0.920 bits per heavy atom. The molecule has 120 valence electrons. The van der Waals surface area contributed by atoms with Gasteiger partial charge < -0.3 is 14.5 Å². The van der Waals surface area contributed by atoms with Crippen LogP contribution in [0, 0.1) is 0 Å². The molecule has 0 saturated carbocycles. The molecule has 25 heavy (non-hydrogen) atoms. The second kappa shape index (κ2) is 4.95. The number of nitrogens with one attached hydrogen (secondary N) is 1. The maximum atomic E-state index is 12.4. The molecule has 2 heterocycles. The summed E-state index contributed by atoms with van der Waals surface area (Å²) in [5.74, 6) is 0.553. The van der Waals surface area contributed by atoms with Crippen LogP contribution in [0.3, 0.4) is 0 Å². The van der Waals surface area contributed by atoms with Gasteiger partial charge >= 0.3 is 5.63 Å². The zero-order valence-electron chi connectivity index (χ0n) is 13.0. The average molecular weight is 328 g/mol. The van der Waals surface area contributed by atoms with Gasteiger partial charge in [-0.2, -0.15) is 0 Å². The summed E-state index contributed by atoms with van der Waals surface area (Å²) in [4.78, 5) is 20.1. The third-order valence-electron chi connectivity index (χ3n) is 4.38. The largest absolute Gasteiger partial charge is 0.507 e. The van der Waals surface area contributed by atoms with Gasteiger partial charge in [0.25, 0.3) is 0 Å². The number of imidazole rings is 1. The van der Waals surface area contributed by atoms with E-state index in [-0.39, 0.29) is 5.75 Å². The molecule has 0 fully saturated rings. The van der Waals surface area contributed by atoms with Crippen molar-refractivity contribution in [2.24, 2.45) is 0 Å². The Hall–Kier alpha value is -3.60. The predicted molar refractivity (Wildman–Crippen MR) is 96.7 cm³/mol. The number of phenols is 1. The van der Waals surface area contributed by atoms with Gasteiger partial charge in [0.05, 0.1) is 11.0 Å². The summed E-state index contributed by atoms with van der Waals surface area (Å²) in [6.07, 6.45) is 0. The minimum Gasteiger partial charge on any atom is -0.507 e. The van der Waals surface area contributed by atoms with Crippen molar-refractivity contribution >= 4 is 32.8 Å². The second-order valence-corrected chi connectivity index (χ2v) is 5.90. The van der Waals surface area contributed by atoms with Crippen LogP contribution >= 0.6 is 0 Å². The summed E-state index contributed by atoms with van der Waals surface area (Å²) in [5.41, 5.74) is 1.85. The first-order valence-corrected chi connectivity index (χ1v) is 7.84. The van der Waals surface area contributed by atoms with Gasteiger partial charge in [-0.05, 0) is 23.6 Å². The molecule has 0 amide bonds. The van der Waals surface area contributed by atoms with E-state index in [0.29, 0.717) is 22.4 Å². The lowest BCUT2D eigenvalue weighted by atomic mass is 10.0. The van der Waals surface area contributed by atoms with Crippen molar-refractivity contribution in [3.8, 4) is 17.1 Å². The maximum absolute atomic E-state index is 12.4. The third-order valence-corrected chi connectivity index (χ3v) is 4.38. The Bertz CT molecular complexity index is 1300. The first-order valence-electron chi connectivity index (χ1n) is 7.84. The standard InChI is InChI=1S/C20H12N2O3/c23-17-10-18-13(11-5-1-2-6-12(11)17)9-14(20(24)25-18)19-21-15-7-3-4-8-16(15)22-19/h1-10,23H,(H,21,22). The van der Waals surface area contributed by atoms with Gasteiger partial charge in [0.2, 0.25) is 0 Å². The number of fused-ring (bicyclic) bond motifs is 4. The molecular weight excluding hydrogens is 316 g/mol. The number of hydrogen-bond donors (Lipinski definition) is 2. The van der Waals surface area contributed by atoms with E-state index in [4.69, 9.17) is 4.42 Å². The van der Waals surface area contributed by atoms with Crippen LogP contribution in [-0.4, -0.2) is 15.1 Å². The highest BCUT2D eigenvalue weighted by atomic mass is 16.4. The Balaban J connectivity index is 1.87. The molecule has 0 spiro atoms. The Kier molecular flexibility index (Phi) is 2.73. The minimum atomic E-state index is -0.499. The van der Waals surface area contributed by atoms with Crippen LogP contribution in [0.1, 0.15) is 0 Å². The molecule has 5 rings (SSSR count). The van der Waals surface area contributed by atoms with Crippen molar-refractivity contribution in [2.45, 2.75) is 0 Å². The van der Waals surface area contributed by atoms with Crippen molar-refractivity contribution in [1.29, 1.82) is 0 Å². The van der Waals surface area contributed by atoms with Gasteiger partial charge in [0.15, 0.2) is 0 Å². The second-order valence-electron chi connectivity index (χ2n) is 5.90. The molecule has 0 aliphatic rings. The van der Waals surface area contributed by atoms with Crippen LogP contribution in [0.25, 0.3) is 44.2 Å². The number of para-hydroxylation sites is 2. The lowest BCUT2D eigenvalue weighted by Crippen LogP contribution is -2.03. The van der Waals surface area contributed by atoms with E-state index < -0.39 is 5.63 Å². The molecule has 5 aromatic rings. The molecular formula is C20H12N2O3. The van der Waals surface area contributed by atoms with E-state index in [9.17, 15) is 9.90 Å². The third kappa shape index (κ3) is 2.03. The summed E-state index contributed by atoms with van der Waals surface area (Å²) in [5, 5.41) is 12.4. The molecule has 2 aromatic heterocycles. The number of phenolic OH excluding ortho intramolecular Hbond substituents is 1. The number of aromatic amines is 1. The summed E-state index contributed by atoms with van der Waals surface area (Å²) < 4.78 is 5.46. The molecule has 2 N–H and O–H groups in total. The van der Waals surface area contributed by atoms with E-state index in [1.165, 1.54) is 6.07 Å². The van der Waals surface area contributed by atoms with Crippen LogP contribution < -0.4 is 5.63 Å². The van der Waals surface area contributed by atoms with Crippen LogP contribution in [0.2, 0.25) is 0 Å². The van der Waals surface area contributed by atoms with E-state index >= 15 is 0 Å². The fourth-order valence-corrected chi connectivity index (χ4v) is 3.19. The zero-order chi connectivity index (χ0) is 17.0. The van der Waals surface area contributed by atoms with Gasteiger partial charge in [-0.15, -0.1) is 0 Å². The number of nitrogens with zero attached hydrogens (tertiary/aromatic N) is 1. The molecule has 3 aromatic carbocycles. The summed E-state index contributed by atoms with van der Waals surface area (Å²) >= 11 is 0. The smallest absolute Gasteiger partial charge is 0.347 e. The van der Waals surface area contributed by atoms with Crippen molar-refractivity contribution in [3.05, 3.63) is 71.1 Å². The number of rotatable bonds is 1. The normalized spacial score (nSPS) is 11.5. The SMILES string of the molecule is O=c1oc2cc(O)c3ccccc3c2cc1-c1nc2ccccc2[nH]1. The Morgan fingerprint density at radius 2 is 1.68 bits per heavy atom. The van der Waals surface area contributed by atoms with Crippen molar-refractivity contribution in [3.63, 3.8) is 0 Å². The van der Waals surface area contributed by atoms with Crippen LogP contribution in [0.15, 0.2) is 69.9 Å². The van der Waals surface area contributed by atoms with E-state index in [0.717, 1.165) is 21.8 Å². The van der Waals surface area contributed by atoms with Crippen LogP contribution in [-0.2, 0) is 0 Å². The molecule has 0 bridgehead atoms. The molecule has 0 unspecified atom stereocenters. The number of benzene rings is 3. The molecule has 0 saturated heterocycles. The lowest BCUT2D eigenvalue weighted by molar-refractivity contribution is 0.479. The highest BCUT2D eigenvalue weighted by Gasteiger charge is 2.15. The maximum Gasteiger partial charge on any atom is 0.347 e. The highest BCUT2D eigenvalue weighted by Crippen LogP contribution is 2.33. The summed E-state index contributed by atoms with van der Waals surface area (Å²) in [6, 6.07) is 18.3. The summed E-state index contributed by atoms with van der Waals surface area (Å²) in [7, 11) is 0. The van der Waals surface area contributed by atoms with Gasteiger partial charge in [-0.1, -0.05) is 36.4 Å². The molecule has 5 nitrogen and oxygen atoms in total. The number of aromatic hydroxyl groups is 1. The molecule has 0 atom stereocenters. The lowest BCUT2D eigenvalue weighted by Gasteiger charge is -2.06. The number of aromatic nitrogens is 2. The first-order chi connectivity index (χ1) is 12.2. The highest BCUT2D eigenvalue weighted by molar-refractivity contribution is 6.09. The average Bonchev–Trinajstić information content (AvgIpc) is 3.05. The monoisotopic (exact) mass is 328 g/mol. The van der Waals surface area contributed by atoms with Gasteiger partial charge in [-0.25, -0.2) is 9.78 Å². The van der Waals surface area contributed by atoms with Crippen molar-refractivity contribution in [1.82, 2.24) is 9.97 Å². The van der Waals surface area contributed by atoms with Crippen LogP contribution in [0.4, 0.5) is 0 Å². The fraction of sp³-hybridized carbons (Fsp3) is 0. The van der Waals surface area contributed by atoms with Crippen molar-refractivity contribution < 1.29 is 9.52 Å². The Labute approximate surface area is 141 Å². The molecule has 5 heteroatoms. The minimum absolute atomic E-state index is 0.0859. The van der Waals surface area contributed by atoms with E-state index in [2.05, 4.69) is 9.97 Å². The first kappa shape index (κ1) is 13.8. The topological polar surface area (TPSA) is 79.1 Å². The number of hydrogen-bond acceptors (Lipinski definition) is 4. The van der Waals surface area contributed by atoms with E-state index in [1.54, 1.807) is 6.07 Å². The number of H-pyrrole nitrogens is 1. The molecule has 0 aliphatic carbocycles. The van der Waals surface area contributed by atoms with Crippen LogP contribution in [0.5, 0.6) is 5.75 Å². The summed E-state index contributed by atoms with van der Waals surface area (Å²) in [6.45, 7) is 0. The fourth-order valence-electron chi connectivity index (χ4n) is 3.19.